The van der Waals surface area contributed by atoms with Gasteiger partial charge in [-0.05, 0) is 48.4 Å². The van der Waals surface area contributed by atoms with E-state index in [4.69, 9.17) is 5.73 Å². The largest absolute Gasteiger partial charge is 0.508 e. The Morgan fingerprint density at radius 1 is 1.32 bits per heavy atom. The van der Waals surface area contributed by atoms with Crippen molar-refractivity contribution in [2.75, 3.05) is 6.54 Å². The predicted octanol–water partition coefficient (Wildman–Crippen LogP) is 3.15. The smallest absolute Gasteiger partial charge is 0.234 e. The van der Waals surface area contributed by atoms with Crippen molar-refractivity contribution in [2.24, 2.45) is 5.73 Å². The van der Waals surface area contributed by atoms with E-state index < -0.39 is 0 Å². The van der Waals surface area contributed by atoms with Gasteiger partial charge in [0.05, 0.1) is 6.04 Å². The minimum absolute atomic E-state index is 0.237. The number of primary amides is 1. The molecule has 3 N–H and O–H groups in total. The van der Waals surface area contributed by atoms with Crippen LogP contribution in [-0.4, -0.2) is 28.5 Å². The molecule has 1 atom stereocenters. The Balaban J connectivity index is 1.98. The quantitative estimate of drug-likeness (QED) is 0.881. The highest BCUT2D eigenvalue weighted by Gasteiger charge is 2.27. The van der Waals surface area contributed by atoms with Crippen LogP contribution in [0.15, 0.2) is 34.8 Å². The van der Waals surface area contributed by atoms with Gasteiger partial charge in [0, 0.05) is 16.6 Å². The van der Waals surface area contributed by atoms with Crippen molar-refractivity contribution in [3.8, 4) is 5.75 Å². The highest BCUT2D eigenvalue weighted by molar-refractivity contribution is 9.10. The number of halogens is 1. The number of likely N-dealkylation sites (tertiary alicyclic amines) is 1. The van der Waals surface area contributed by atoms with Gasteiger partial charge in [0.1, 0.15) is 5.75 Å². The van der Waals surface area contributed by atoms with Crippen LogP contribution in [0.25, 0.3) is 10.8 Å². The molecule has 0 unspecified atom stereocenters. The van der Waals surface area contributed by atoms with Gasteiger partial charge in [-0.2, -0.15) is 0 Å². The number of aromatic hydroxyl groups is 1. The molecule has 5 heteroatoms. The summed E-state index contributed by atoms with van der Waals surface area (Å²) in [5.41, 5.74) is 6.39. The Morgan fingerprint density at radius 2 is 2.14 bits per heavy atom. The molecule has 1 aliphatic heterocycles. The molecule has 22 heavy (non-hydrogen) atoms. The van der Waals surface area contributed by atoms with Crippen LogP contribution >= 0.6 is 15.9 Å². The number of rotatable bonds is 3. The fraction of sp³-hybridized carbons (Fsp3) is 0.353. The van der Waals surface area contributed by atoms with Crippen LogP contribution in [0.1, 0.15) is 24.8 Å². The summed E-state index contributed by atoms with van der Waals surface area (Å²) in [5, 5.41) is 12.4. The Kier molecular flexibility index (Phi) is 4.36. The second kappa shape index (κ2) is 6.26. The molecule has 1 amide bonds. The third-order valence-corrected chi connectivity index (χ3v) is 4.87. The molecule has 1 aliphatic rings. The first-order chi connectivity index (χ1) is 10.6. The number of hydrogen-bond donors (Lipinski definition) is 2. The van der Waals surface area contributed by atoms with Crippen molar-refractivity contribution < 1.29 is 9.90 Å². The van der Waals surface area contributed by atoms with E-state index in [9.17, 15) is 9.90 Å². The molecule has 1 fully saturated rings. The number of carbonyl (C=O) groups excluding carboxylic acids is 1. The summed E-state index contributed by atoms with van der Waals surface area (Å²) in [7, 11) is 0. The van der Waals surface area contributed by atoms with Gasteiger partial charge in [-0.1, -0.05) is 34.5 Å². The van der Waals surface area contributed by atoms with E-state index >= 15 is 0 Å². The van der Waals surface area contributed by atoms with Crippen LogP contribution in [0, 0.1) is 0 Å². The first kappa shape index (κ1) is 15.3. The van der Waals surface area contributed by atoms with Gasteiger partial charge in [-0.15, -0.1) is 0 Å². The van der Waals surface area contributed by atoms with Gasteiger partial charge in [-0.3, -0.25) is 9.69 Å². The molecular weight excluding hydrogens is 344 g/mol. The minimum atomic E-state index is -0.276. The predicted molar refractivity (Wildman–Crippen MR) is 90.6 cm³/mol. The highest BCUT2D eigenvalue weighted by atomic mass is 79.9. The number of phenols is 1. The number of hydrogen-bond acceptors (Lipinski definition) is 3. The average molecular weight is 363 g/mol. The number of piperidine rings is 1. The van der Waals surface area contributed by atoms with E-state index in [-0.39, 0.29) is 17.7 Å². The normalized spacial score (nSPS) is 19.4. The van der Waals surface area contributed by atoms with Gasteiger partial charge < -0.3 is 10.8 Å². The molecule has 116 valence electrons. The van der Waals surface area contributed by atoms with Crippen molar-refractivity contribution in [1.82, 2.24) is 4.90 Å². The van der Waals surface area contributed by atoms with Crippen molar-refractivity contribution in [3.63, 3.8) is 0 Å². The lowest BCUT2D eigenvalue weighted by atomic mass is 9.98. The van der Waals surface area contributed by atoms with Gasteiger partial charge in [0.2, 0.25) is 5.91 Å². The average Bonchev–Trinajstić information content (AvgIpc) is 2.50. The molecule has 4 nitrogen and oxygen atoms in total. The molecule has 0 aromatic heterocycles. The van der Waals surface area contributed by atoms with Gasteiger partial charge in [0.25, 0.3) is 0 Å². The molecule has 0 saturated carbocycles. The first-order valence-corrected chi connectivity index (χ1v) is 8.29. The molecule has 0 bridgehead atoms. The molecule has 2 aromatic carbocycles. The Hall–Kier alpha value is -1.59. The summed E-state index contributed by atoms with van der Waals surface area (Å²) < 4.78 is 1.00. The van der Waals surface area contributed by atoms with Crippen molar-refractivity contribution in [3.05, 3.63) is 40.4 Å². The lowest BCUT2D eigenvalue weighted by Gasteiger charge is -2.34. The molecule has 3 rings (SSSR count). The van der Waals surface area contributed by atoms with E-state index in [2.05, 4.69) is 20.8 Å². The third kappa shape index (κ3) is 2.96. The second-order valence-corrected chi connectivity index (χ2v) is 6.73. The van der Waals surface area contributed by atoms with Gasteiger partial charge >= 0.3 is 0 Å². The number of phenolic OH excluding ortho intramolecular Hbond substituents is 1. The summed E-state index contributed by atoms with van der Waals surface area (Å²) in [6.07, 6.45) is 2.88. The zero-order valence-corrected chi connectivity index (χ0v) is 13.8. The van der Waals surface area contributed by atoms with Gasteiger partial charge in [0.15, 0.2) is 0 Å². The van der Waals surface area contributed by atoms with E-state index in [1.54, 1.807) is 6.07 Å². The molecule has 1 saturated heterocycles. The van der Waals surface area contributed by atoms with E-state index in [0.29, 0.717) is 6.54 Å². The number of fused-ring (bicyclic) bond motifs is 1. The maximum absolute atomic E-state index is 11.7. The maximum Gasteiger partial charge on any atom is 0.234 e. The monoisotopic (exact) mass is 362 g/mol. The fourth-order valence-electron chi connectivity index (χ4n) is 3.23. The highest BCUT2D eigenvalue weighted by Crippen LogP contribution is 2.31. The summed E-state index contributed by atoms with van der Waals surface area (Å²) in [4.78, 5) is 13.7. The van der Waals surface area contributed by atoms with Crippen molar-refractivity contribution in [1.29, 1.82) is 0 Å². The molecule has 0 aliphatic carbocycles. The number of amides is 1. The summed E-state index contributed by atoms with van der Waals surface area (Å²) in [6, 6.07) is 9.37. The number of benzene rings is 2. The Labute approximate surface area is 138 Å². The van der Waals surface area contributed by atoms with E-state index in [1.807, 2.05) is 24.3 Å². The molecule has 2 aromatic rings. The van der Waals surface area contributed by atoms with Crippen molar-refractivity contribution >= 4 is 32.6 Å². The standard InChI is InChI=1S/C17H19BrN2O2/c18-12-5-6-13-11(9-12)4-7-16(21)14(13)10-20-8-2-1-3-15(20)17(19)22/h4-7,9,15,21H,1-3,8,10H2,(H2,19,22)/t15-/m1/s1. The summed E-state index contributed by atoms with van der Waals surface area (Å²) >= 11 is 3.47. The van der Waals surface area contributed by atoms with Gasteiger partial charge in [-0.25, -0.2) is 0 Å². The van der Waals surface area contributed by atoms with Crippen LogP contribution in [0.4, 0.5) is 0 Å². The second-order valence-electron chi connectivity index (χ2n) is 5.81. The lowest BCUT2D eigenvalue weighted by Crippen LogP contribution is -2.47. The first-order valence-electron chi connectivity index (χ1n) is 7.50. The molecular formula is C17H19BrN2O2. The Bertz CT molecular complexity index is 717. The third-order valence-electron chi connectivity index (χ3n) is 4.37. The van der Waals surface area contributed by atoms with Crippen LogP contribution in [0.3, 0.4) is 0 Å². The molecule has 1 heterocycles. The van der Waals surface area contributed by atoms with Crippen LogP contribution in [-0.2, 0) is 11.3 Å². The van der Waals surface area contributed by atoms with E-state index in [0.717, 1.165) is 46.6 Å². The van der Waals surface area contributed by atoms with Crippen molar-refractivity contribution in [2.45, 2.75) is 31.8 Å². The number of carbonyl (C=O) groups is 1. The van der Waals surface area contributed by atoms with Crippen LogP contribution in [0.5, 0.6) is 5.75 Å². The number of nitrogens with two attached hydrogens (primary N) is 1. The Morgan fingerprint density at radius 3 is 2.91 bits per heavy atom. The molecule has 0 spiro atoms. The van der Waals surface area contributed by atoms with E-state index in [1.165, 1.54) is 0 Å². The zero-order chi connectivity index (χ0) is 15.7. The summed E-state index contributed by atoms with van der Waals surface area (Å²) in [6.45, 7) is 1.37. The van der Waals surface area contributed by atoms with Crippen LogP contribution < -0.4 is 5.73 Å². The SMILES string of the molecule is NC(=O)[C@H]1CCCCN1Cc1c(O)ccc2cc(Br)ccc12. The van der Waals surface area contributed by atoms with Crippen LogP contribution in [0.2, 0.25) is 0 Å². The number of nitrogens with zero attached hydrogens (tertiary/aromatic N) is 1. The summed E-state index contributed by atoms with van der Waals surface area (Å²) in [5.74, 6) is -0.00853. The fourth-order valence-corrected chi connectivity index (χ4v) is 3.60. The lowest BCUT2D eigenvalue weighted by molar-refractivity contribution is -0.124. The minimum Gasteiger partial charge on any atom is -0.508 e. The maximum atomic E-state index is 11.7. The topological polar surface area (TPSA) is 66.6 Å². The zero-order valence-electron chi connectivity index (χ0n) is 12.3. The molecule has 0 radical (unpaired) electrons.